The Bertz CT molecular complexity index is 510. The van der Waals surface area contributed by atoms with Gasteiger partial charge in [-0.1, -0.05) is 59.3 Å². The minimum absolute atomic E-state index is 0.00943. The molecular formula is C19H34N4O. The normalized spacial score (nSPS) is 16.6. The molecule has 0 amide bonds. The predicted octanol–water partition coefficient (Wildman–Crippen LogP) is 4.00. The molecule has 1 aliphatic rings. The first kappa shape index (κ1) is 18.8. The lowest BCUT2D eigenvalue weighted by Gasteiger charge is -2.13. The molecule has 0 radical (unpaired) electrons. The van der Waals surface area contributed by atoms with Crippen molar-refractivity contribution in [1.29, 1.82) is 0 Å². The van der Waals surface area contributed by atoms with E-state index in [4.69, 9.17) is 4.42 Å². The van der Waals surface area contributed by atoms with Gasteiger partial charge in [0.1, 0.15) is 5.76 Å². The van der Waals surface area contributed by atoms with E-state index in [1.807, 2.05) is 6.20 Å². The Morgan fingerprint density at radius 3 is 2.62 bits per heavy atom. The van der Waals surface area contributed by atoms with Gasteiger partial charge < -0.3 is 15.1 Å². The van der Waals surface area contributed by atoms with Crippen LogP contribution in [0.1, 0.15) is 77.4 Å². The van der Waals surface area contributed by atoms with Crippen LogP contribution in [0.2, 0.25) is 0 Å². The van der Waals surface area contributed by atoms with E-state index >= 15 is 0 Å². The Labute approximate surface area is 146 Å². The Balaban J connectivity index is 1.62. The second-order valence-electron chi connectivity index (χ2n) is 7.87. The van der Waals surface area contributed by atoms with E-state index in [1.165, 1.54) is 44.9 Å². The summed E-state index contributed by atoms with van der Waals surface area (Å²) >= 11 is 0. The quantitative estimate of drug-likeness (QED) is 0.449. The smallest absolute Gasteiger partial charge is 0.213 e. The average molecular weight is 335 g/mol. The van der Waals surface area contributed by atoms with Crippen LogP contribution in [0.4, 0.5) is 0 Å². The maximum atomic E-state index is 5.79. The number of aliphatic imine (C=N–C) groups is 1. The van der Waals surface area contributed by atoms with E-state index in [0.29, 0.717) is 12.4 Å². The molecule has 2 rings (SSSR count). The van der Waals surface area contributed by atoms with Crippen LogP contribution in [-0.2, 0) is 12.0 Å². The summed E-state index contributed by atoms with van der Waals surface area (Å²) in [5.74, 6) is 3.41. The van der Waals surface area contributed by atoms with Crippen molar-refractivity contribution in [3.8, 4) is 0 Å². The fourth-order valence-electron chi connectivity index (χ4n) is 3.18. The van der Waals surface area contributed by atoms with Crippen LogP contribution in [0.15, 0.2) is 15.6 Å². The third-order valence-electron chi connectivity index (χ3n) is 4.73. The Hall–Kier alpha value is -1.52. The number of rotatable bonds is 7. The molecule has 0 saturated heterocycles. The molecule has 0 spiro atoms. The van der Waals surface area contributed by atoms with Crippen LogP contribution in [0, 0.1) is 5.92 Å². The van der Waals surface area contributed by atoms with Crippen molar-refractivity contribution >= 4 is 5.96 Å². The van der Waals surface area contributed by atoms with Gasteiger partial charge in [-0.05, 0) is 12.3 Å². The molecule has 1 fully saturated rings. The maximum Gasteiger partial charge on any atom is 0.213 e. The fourth-order valence-corrected chi connectivity index (χ4v) is 3.18. The number of hydrogen-bond acceptors (Lipinski definition) is 3. The van der Waals surface area contributed by atoms with Crippen LogP contribution in [0.3, 0.4) is 0 Å². The Morgan fingerprint density at radius 1 is 1.25 bits per heavy atom. The highest BCUT2D eigenvalue weighted by atomic mass is 16.4. The highest BCUT2D eigenvalue weighted by Crippen LogP contribution is 2.28. The van der Waals surface area contributed by atoms with Crippen molar-refractivity contribution in [2.24, 2.45) is 10.9 Å². The van der Waals surface area contributed by atoms with Crippen LogP contribution in [-0.4, -0.2) is 24.5 Å². The van der Waals surface area contributed by atoms with E-state index in [1.54, 1.807) is 7.05 Å². The van der Waals surface area contributed by atoms with Crippen molar-refractivity contribution in [2.45, 2.75) is 77.7 Å². The summed E-state index contributed by atoms with van der Waals surface area (Å²) in [5, 5.41) is 6.64. The number of hydrogen-bond donors (Lipinski definition) is 2. The highest BCUT2D eigenvalue weighted by molar-refractivity contribution is 5.79. The number of nitrogens with zero attached hydrogens (tertiary/aromatic N) is 2. The van der Waals surface area contributed by atoms with Gasteiger partial charge in [-0.3, -0.25) is 4.99 Å². The standard InChI is InChI=1S/C19H34N4O/c1-19(2,3)16-13-22-17(24-16)14-23-18(20-4)21-12-8-7-11-15-9-5-6-10-15/h13,15H,5-12,14H2,1-4H3,(H2,20,21,23). The molecule has 1 heterocycles. The monoisotopic (exact) mass is 334 g/mol. The molecule has 1 aliphatic carbocycles. The summed E-state index contributed by atoms with van der Waals surface area (Å²) < 4.78 is 5.79. The van der Waals surface area contributed by atoms with Crippen LogP contribution in [0.25, 0.3) is 0 Å². The topological polar surface area (TPSA) is 62.5 Å². The summed E-state index contributed by atoms with van der Waals surface area (Å²) in [5.41, 5.74) is -0.00943. The van der Waals surface area contributed by atoms with Crippen LogP contribution in [0.5, 0.6) is 0 Å². The zero-order valence-corrected chi connectivity index (χ0v) is 15.8. The minimum atomic E-state index is -0.00943. The van der Waals surface area contributed by atoms with E-state index in [2.05, 4.69) is 41.4 Å². The molecular weight excluding hydrogens is 300 g/mol. The van der Waals surface area contributed by atoms with Crippen molar-refractivity contribution in [1.82, 2.24) is 15.6 Å². The lowest BCUT2D eigenvalue weighted by atomic mass is 9.94. The highest BCUT2D eigenvalue weighted by Gasteiger charge is 2.19. The first-order chi connectivity index (χ1) is 11.5. The minimum Gasteiger partial charge on any atom is -0.443 e. The Morgan fingerprint density at radius 2 is 2.00 bits per heavy atom. The van der Waals surface area contributed by atoms with Gasteiger partial charge in [0.05, 0.1) is 12.7 Å². The van der Waals surface area contributed by atoms with Gasteiger partial charge >= 0.3 is 0 Å². The van der Waals surface area contributed by atoms with Crippen LogP contribution < -0.4 is 10.6 Å². The summed E-state index contributed by atoms with van der Waals surface area (Å²) in [6.07, 6.45) is 11.5. The van der Waals surface area contributed by atoms with Gasteiger partial charge in [0.15, 0.2) is 5.96 Å². The van der Waals surface area contributed by atoms with Crippen molar-refractivity contribution in [3.05, 3.63) is 17.8 Å². The molecule has 2 N–H and O–H groups in total. The van der Waals surface area contributed by atoms with E-state index in [9.17, 15) is 0 Å². The average Bonchev–Trinajstić information content (AvgIpc) is 3.20. The maximum absolute atomic E-state index is 5.79. The number of guanidine groups is 1. The summed E-state index contributed by atoms with van der Waals surface area (Å²) in [7, 11) is 1.80. The summed E-state index contributed by atoms with van der Waals surface area (Å²) in [6.45, 7) is 7.88. The van der Waals surface area contributed by atoms with Gasteiger partial charge in [0.25, 0.3) is 0 Å². The van der Waals surface area contributed by atoms with Crippen molar-refractivity contribution < 1.29 is 4.42 Å². The molecule has 0 aromatic carbocycles. The van der Waals surface area contributed by atoms with Crippen molar-refractivity contribution in [2.75, 3.05) is 13.6 Å². The molecule has 0 bridgehead atoms. The Kier molecular flexibility index (Phi) is 7.13. The SMILES string of the molecule is CN=C(NCCCCC1CCCC1)NCc1ncc(C(C)(C)C)o1. The second kappa shape index (κ2) is 9.09. The molecule has 5 nitrogen and oxygen atoms in total. The predicted molar refractivity (Wildman–Crippen MR) is 99.2 cm³/mol. The summed E-state index contributed by atoms with van der Waals surface area (Å²) in [6, 6.07) is 0. The molecule has 1 aromatic rings. The van der Waals surface area contributed by atoms with Crippen LogP contribution >= 0.6 is 0 Å². The number of unbranched alkanes of at least 4 members (excludes halogenated alkanes) is 1. The van der Waals surface area contributed by atoms with E-state index < -0.39 is 0 Å². The zero-order valence-electron chi connectivity index (χ0n) is 15.8. The molecule has 0 unspecified atom stereocenters. The van der Waals surface area contributed by atoms with E-state index in [0.717, 1.165) is 24.2 Å². The molecule has 0 aliphatic heterocycles. The van der Waals surface area contributed by atoms with Gasteiger partial charge in [-0.15, -0.1) is 0 Å². The summed E-state index contributed by atoms with van der Waals surface area (Å²) in [4.78, 5) is 8.59. The lowest BCUT2D eigenvalue weighted by Crippen LogP contribution is -2.37. The molecule has 0 atom stereocenters. The second-order valence-corrected chi connectivity index (χ2v) is 7.87. The first-order valence-corrected chi connectivity index (χ1v) is 9.38. The van der Waals surface area contributed by atoms with Gasteiger partial charge in [0, 0.05) is 19.0 Å². The largest absolute Gasteiger partial charge is 0.443 e. The number of nitrogens with one attached hydrogen (secondary N) is 2. The fraction of sp³-hybridized carbons (Fsp3) is 0.789. The third kappa shape index (κ3) is 6.17. The number of aromatic nitrogens is 1. The number of oxazole rings is 1. The zero-order chi connectivity index (χ0) is 17.4. The molecule has 1 saturated carbocycles. The first-order valence-electron chi connectivity index (χ1n) is 9.38. The molecule has 136 valence electrons. The van der Waals surface area contributed by atoms with Gasteiger partial charge in [0.2, 0.25) is 5.89 Å². The van der Waals surface area contributed by atoms with Gasteiger partial charge in [-0.2, -0.15) is 0 Å². The third-order valence-corrected chi connectivity index (χ3v) is 4.73. The van der Waals surface area contributed by atoms with E-state index in [-0.39, 0.29) is 5.41 Å². The molecule has 1 aromatic heterocycles. The lowest BCUT2D eigenvalue weighted by molar-refractivity contribution is 0.379. The molecule has 5 heteroatoms. The van der Waals surface area contributed by atoms with Crippen molar-refractivity contribution in [3.63, 3.8) is 0 Å². The van der Waals surface area contributed by atoms with Gasteiger partial charge in [-0.25, -0.2) is 4.98 Å². The molecule has 24 heavy (non-hydrogen) atoms.